The number of amides is 1. The molecule has 0 aromatic carbocycles. The monoisotopic (exact) mass is 294 g/mol. The van der Waals surface area contributed by atoms with Crippen molar-refractivity contribution in [2.24, 2.45) is 0 Å². The van der Waals surface area contributed by atoms with Crippen molar-refractivity contribution >= 4 is 17.2 Å². The molecule has 0 spiro atoms. The first kappa shape index (κ1) is 14.0. The van der Waals surface area contributed by atoms with Gasteiger partial charge in [-0.2, -0.15) is 11.3 Å². The van der Waals surface area contributed by atoms with Gasteiger partial charge in [-0.05, 0) is 41.7 Å². The Kier molecular flexibility index (Phi) is 4.38. The molecule has 3 rings (SSSR count). The summed E-state index contributed by atoms with van der Waals surface area (Å²) in [5, 5.41) is 7.73. The molecule has 2 saturated heterocycles. The van der Waals surface area contributed by atoms with Crippen LogP contribution in [0.4, 0.5) is 0 Å². The molecule has 2 aliphatic heterocycles. The summed E-state index contributed by atoms with van der Waals surface area (Å²) in [6.07, 6.45) is 4.05. The number of hydrogen-bond acceptors (Lipinski definition) is 4. The highest BCUT2D eigenvalue weighted by Gasteiger charge is 2.43. The SMILES string of the molecule is CCCC1NC(c2ccsc2)N(C2CCCOC2)C1=O. The molecule has 2 aliphatic rings. The minimum Gasteiger partial charge on any atom is -0.379 e. The number of thiophene rings is 1. The zero-order valence-corrected chi connectivity index (χ0v) is 12.7. The van der Waals surface area contributed by atoms with Crippen LogP contribution in [0.15, 0.2) is 16.8 Å². The van der Waals surface area contributed by atoms with Crippen LogP contribution < -0.4 is 5.32 Å². The summed E-state index contributed by atoms with van der Waals surface area (Å²) in [7, 11) is 0. The second kappa shape index (κ2) is 6.24. The first-order chi connectivity index (χ1) is 9.81. The molecule has 0 aliphatic carbocycles. The fourth-order valence-electron chi connectivity index (χ4n) is 3.17. The zero-order valence-electron chi connectivity index (χ0n) is 11.9. The summed E-state index contributed by atoms with van der Waals surface area (Å²) in [5.41, 5.74) is 1.20. The van der Waals surface area contributed by atoms with Gasteiger partial charge in [-0.25, -0.2) is 0 Å². The summed E-state index contributed by atoms with van der Waals surface area (Å²) in [6, 6.07) is 2.29. The summed E-state index contributed by atoms with van der Waals surface area (Å²) in [6.45, 7) is 3.63. The smallest absolute Gasteiger partial charge is 0.241 e. The Labute approximate surface area is 124 Å². The number of nitrogens with zero attached hydrogens (tertiary/aromatic N) is 1. The van der Waals surface area contributed by atoms with Crippen LogP contribution in [0.1, 0.15) is 44.3 Å². The molecule has 2 fully saturated rings. The van der Waals surface area contributed by atoms with Gasteiger partial charge in [-0.1, -0.05) is 13.3 Å². The van der Waals surface area contributed by atoms with Crippen LogP contribution in [0.2, 0.25) is 0 Å². The van der Waals surface area contributed by atoms with Gasteiger partial charge < -0.3 is 9.64 Å². The average Bonchev–Trinajstić information content (AvgIpc) is 3.09. The van der Waals surface area contributed by atoms with Gasteiger partial charge in [0.25, 0.3) is 0 Å². The van der Waals surface area contributed by atoms with Gasteiger partial charge >= 0.3 is 0 Å². The van der Waals surface area contributed by atoms with E-state index in [-0.39, 0.29) is 24.2 Å². The van der Waals surface area contributed by atoms with Crippen LogP contribution in [0.5, 0.6) is 0 Å². The molecule has 3 heterocycles. The first-order valence-corrected chi connectivity index (χ1v) is 8.43. The number of rotatable bonds is 4. The normalized spacial score (nSPS) is 30.9. The fraction of sp³-hybridized carbons (Fsp3) is 0.667. The van der Waals surface area contributed by atoms with E-state index in [1.54, 1.807) is 11.3 Å². The Morgan fingerprint density at radius 2 is 2.45 bits per heavy atom. The summed E-state index contributed by atoms with van der Waals surface area (Å²) >= 11 is 1.68. The standard InChI is InChI=1S/C15H22N2O2S/c1-2-4-13-15(18)17(12-5-3-7-19-9-12)14(16-13)11-6-8-20-10-11/h6,8,10,12-14,16H,2-5,7,9H2,1H3. The molecule has 3 atom stereocenters. The predicted octanol–water partition coefficient (Wildman–Crippen LogP) is 2.53. The molecule has 4 nitrogen and oxygen atoms in total. The molecule has 3 unspecified atom stereocenters. The highest BCUT2D eigenvalue weighted by molar-refractivity contribution is 7.07. The molecule has 1 aromatic rings. The molecule has 110 valence electrons. The minimum absolute atomic E-state index is 0.0250. The van der Waals surface area contributed by atoms with Gasteiger partial charge in [0.15, 0.2) is 0 Å². The van der Waals surface area contributed by atoms with Crippen LogP contribution in [0.3, 0.4) is 0 Å². The van der Waals surface area contributed by atoms with Gasteiger partial charge in [0.1, 0.15) is 6.17 Å². The second-order valence-corrected chi connectivity index (χ2v) is 6.36. The van der Waals surface area contributed by atoms with Crippen LogP contribution in [-0.2, 0) is 9.53 Å². The lowest BCUT2D eigenvalue weighted by atomic mass is 10.1. The van der Waals surface area contributed by atoms with Gasteiger partial charge in [-0.15, -0.1) is 0 Å². The fourth-order valence-corrected chi connectivity index (χ4v) is 3.84. The molecule has 1 N–H and O–H groups in total. The van der Waals surface area contributed by atoms with Crippen molar-refractivity contribution in [3.05, 3.63) is 22.4 Å². The predicted molar refractivity (Wildman–Crippen MR) is 79.6 cm³/mol. The number of hydrogen-bond donors (Lipinski definition) is 1. The zero-order chi connectivity index (χ0) is 13.9. The number of carbonyl (C=O) groups is 1. The Morgan fingerprint density at radius 3 is 3.10 bits per heavy atom. The van der Waals surface area contributed by atoms with Gasteiger partial charge in [0, 0.05) is 6.61 Å². The van der Waals surface area contributed by atoms with Crippen LogP contribution in [0, 0.1) is 0 Å². The number of ether oxygens (including phenoxy) is 1. The molecule has 0 radical (unpaired) electrons. The Balaban J connectivity index is 1.83. The summed E-state index contributed by atoms with van der Waals surface area (Å²) < 4.78 is 5.58. The molecule has 0 bridgehead atoms. The molecular weight excluding hydrogens is 272 g/mol. The van der Waals surface area contributed by atoms with E-state index in [1.165, 1.54) is 5.56 Å². The van der Waals surface area contributed by atoms with Crippen LogP contribution in [-0.4, -0.2) is 36.1 Å². The number of carbonyl (C=O) groups excluding carboxylic acids is 1. The third-order valence-corrected chi connectivity index (χ3v) is 4.86. The Morgan fingerprint density at radius 1 is 1.55 bits per heavy atom. The molecule has 1 amide bonds. The van der Waals surface area contributed by atoms with E-state index in [0.29, 0.717) is 6.61 Å². The van der Waals surface area contributed by atoms with Gasteiger partial charge in [0.05, 0.1) is 18.7 Å². The van der Waals surface area contributed by atoms with Crippen molar-refractivity contribution in [2.45, 2.75) is 50.9 Å². The molecular formula is C15H22N2O2S. The van der Waals surface area contributed by atoms with E-state index in [2.05, 4.69) is 29.1 Å². The van der Waals surface area contributed by atoms with Gasteiger partial charge in [0.2, 0.25) is 5.91 Å². The third-order valence-electron chi connectivity index (χ3n) is 4.16. The summed E-state index contributed by atoms with van der Waals surface area (Å²) in [5.74, 6) is 0.249. The van der Waals surface area contributed by atoms with Crippen molar-refractivity contribution < 1.29 is 9.53 Å². The third kappa shape index (κ3) is 2.62. The average molecular weight is 294 g/mol. The largest absolute Gasteiger partial charge is 0.379 e. The van der Waals surface area contributed by atoms with Crippen molar-refractivity contribution in [3.8, 4) is 0 Å². The first-order valence-electron chi connectivity index (χ1n) is 7.49. The lowest BCUT2D eigenvalue weighted by molar-refractivity contribution is -0.135. The van der Waals surface area contributed by atoms with E-state index >= 15 is 0 Å². The highest BCUT2D eigenvalue weighted by Crippen LogP contribution is 2.32. The molecule has 1 aromatic heterocycles. The van der Waals surface area contributed by atoms with E-state index in [4.69, 9.17) is 4.74 Å². The minimum atomic E-state index is -0.0353. The van der Waals surface area contributed by atoms with E-state index in [9.17, 15) is 4.79 Å². The maximum Gasteiger partial charge on any atom is 0.241 e. The lowest BCUT2D eigenvalue weighted by Crippen LogP contribution is -2.44. The maximum absolute atomic E-state index is 12.7. The molecule has 20 heavy (non-hydrogen) atoms. The van der Waals surface area contributed by atoms with Crippen LogP contribution in [0.25, 0.3) is 0 Å². The topological polar surface area (TPSA) is 41.6 Å². The van der Waals surface area contributed by atoms with Crippen molar-refractivity contribution in [1.82, 2.24) is 10.2 Å². The molecule has 5 heteroatoms. The van der Waals surface area contributed by atoms with Crippen molar-refractivity contribution in [1.29, 1.82) is 0 Å². The van der Waals surface area contributed by atoms with Crippen LogP contribution >= 0.6 is 11.3 Å². The summed E-state index contributed by atoms with van der Waals surface area (Å²) in [4.78, 5) is 14.8. The quantitative estimate of drug-likeness (QED) is 0.928. The Hall–Kier alpha value is -0.910. The van der Waals surface area contributed by atoms with E-state index < -0.39 is 0 Å². The molecule has 0 saturated carbocycles. The van der Waals surface area contributed by atoms with Gasteiger partial charge in [-0.3, -0.25) is 10.1 Å². The number of nitrogens with one attached hydrogen (secondary N) is 1. The lowest BCUT2D eigenvalue weighted by Gasteiger charge is -2.34. The highest BCUT2D eigenvalue weighted by atomic mass is 32.1. The van der Waals surface area contributed by atoms with Crippen molar-refractivity contribution in [2.75, 3.05) is 13.2 Å². The Bertz CT molecular complexity index is 443. The second-order valence-electron chi connectivity index (χ2n) is 5.58. The van der Waals surface area contributed by atoms with E-state index in [0.717, 1.165) is 32.3 Å². The van der Waals surface area contributed by atoms with E-state index in [1.807, 2.05) is 4.90 Å². The maximum atomic E-state index is 12.7. The van der Waals surface area contributed by atoms with Crippen molar-refractivity contribution in [3.63, 3.8) is 0 Å².